The molecule has 162 valence electrons. The number of carboxylic acids is 1. The maximum Gasteiger partial charge on any atom is 0.326 e. The number of carbonyl (C=O) groups is 4. The third-order valence-electron chi connectivity index (χ3n) is 3.79. The van der Waals surface area contributed by atoms with E-state index in [9.17, 15) is 29.4 Å². The maximum atomic E-state index is 12.6. The fraction of sp³-hybridized carbons (Fsp3) is 0.765. The number of nitrogens with two attached hydrogens (primary N) is 1. The van der Waals surface area contributed by atoms with Crippen LogP contribution in [0.2, 0.25) is 0 Å². The van der Waals surface area contributed by atoms with E-state index in [-0.39, 0.29) is 18.8 Å². The van der Waals surface area contributed by atoms with Crippen LogP contribution in [0.25, 0.3) is 0 Å². The molecular weight excluding hydrogens is 388 g/mol. The number of thioether (sulfide) groups is 1. The van der Waals surface area contributed by atoms with Gasteiger partial charge in [0.15, 0.2) is 0 Å². The first-order valence-electron chi connectivity index (χ1n) is 9.02. The first kappa shape index (κ1) is 26.1. The van der Waals surface area contributed by atoms with Crippen LogP contribution < -0.4 is 21.7 Å². The van der Waals surface area contributed by atoms with Gasteiger partial charge < -0.3 is 31.9 Å². The fourth-order valence-corrected chi connectivity index (χ4v) is 2.71. The van der Waals surface area contributed by atoms with E-state index in [4.69, 9.17) is 5.73 Å². The van der Waals surface area contributed by atoms with Crippen molar-refractivity contribution < 1.29 is 29.4 Å². The van der Waals surface area contributed by atoms with Gasteiger partial charge in [0, 0.05) is 0 Å². The molecule has 0 fully saturated rings. The molecule has 0 saturated heterocycles. The predicted octanol–water partition coefficient (Wildman–Crippen LogP) is -1.34. The van der Waals surface area contributed by atoms with Crippen LogP contribution in [0.5, 0.6) is 0 Å². The lowest BCUT2D eigenvalue weighted by atomic mass is 10.0. The zero-order valence-corrected chi connectivity index (χ0v) is 17.5. The Morgan fingerprint density at radius 2 is 1.43 bits per heavy atom. The molecule has 4 unspecified atom stereocenters. The van der Waals surface area contributed by atoms with Gasteiger partial charge in [0.2, 0.25) is 17.7 Å². The van der Waals surface area contributed by atoms with Gasteiger partial charge in [-0.2, -0.15) is 11.8 Å². The highest BCUT2D eigenvalue weighted by atomic mass is 32.2. The number of aliphatic hydroxyl groups is 1. The Morgan fingerprint density at radius 1 is 0.929 bits per heavy atom. The first-order valence-corrected chi connectivity index (χ1v) is 10.4. The molecule has 11 heteroatoms. The summed E-state index contributed by atoms with van der Waals surface area (Å²) < 4.78 is 0. The lowest BCUT2D eigenvalue weighted by Gasteiger charge is -2.25. The van der Waals surface area contributed by atoms with E-state index >= 15 is 0 Å². The third-order valence-corrected chi connectivity index (χ3v) is 4.44. The van der Waals surface area contributed by atoms with E-state index in [1.165, 1.54) is 18.7 Å². The summed E-state index contributed by atoms with van der Waals surface area (Å²) in [5.74, 6) is -2.60. The number of aliphatic carboxylic acids is 1. The third kappa shape index (κ3) is 9.90. The molecule has 7 N–H and O–H groups in total. The van der Waals surface area contributed by atoms with Gasteiger partial charge in [-0.15, -0.1) is 0 Å². The normalized spacial score (nSPS) is 15.2. The molecule has 0 aliphatic carbocycles. The average Bonchev–Trinajstić information content (AvgIpc) is 2.61. The van der Waals surface area contributed by atoms with Crippen molar-refractivity contribution in [2.75, 3.05) is 18.6 Å². The summed E-state index contributed by atoms with van der Waals surface area (Å²) in [5, 5.41) is 25.9. The SMILES string of the molecule is CSCCC(NC(=O)C(CC(C)C)NC(=O)C(CO)NC(=O)C(C)N)C(=O)O. The first-order chi connectivity index (χ1) is 13.0. The van der Waals surface area contributed by atoms with Gasteiger partial charge in [0.05, 0.1) is 12.6 Å². The van der Waals surface area contributed by atoms with E-state index in [0.29, 0.717) is 5.75 Å². The largest absolute Gasteiger partial charge is 0.480 e. The molecule has 4 atom stereocenters. The molecule has 0 aromatic carbocycles. The zero-order chi connectivity index (χ0) is 21.9. The summed E-state index contributed by atoms with van der Waals surface area (Å²) in [6.07, 6.45) is 2.33. The Bertz CT molecular complexity index is 544. The number of carbonyl (C=O) groups excluding carboxylic acids is 3. The van der Waals surface area contributed by atoms with Gasteiger partial charge in [-0.05, 0) is 37.7 Å². The van der Waals surface area contributed by atoms with E-state index in [1.54, 1.807) is 0 Å². The van der Waals surface area contributed by atoms with Crippen molar-refractivity contribution in [1.29, 1.82) is 0 Å². The molecule has 0 aliphatic rings. The number of hydrogen-bond donors (Lipinski definition) is 6. The summed E-state index contributed by atoms with van der Waals surface area (Å²) in [6.45, 7) is 4.44. The summed E-state index contributed by atoms with van der Waals surface area (Å²) in [4.78, 5) is 48.0. The summed E-state index contributed by atoms with van der Waals surface area (Å²) in [6, 6.07) is -4.22. The monoisotopic (exact) mass is 420 g/mol. The van der Waals surface area contributed by atoms with Crippen molar-refractivity contribution in [3.8, 4) is 0 Å². The second-order valence-electron chi connectivity index (χ2n) is 6.90. The Hall–Kier alpha value is -1.85. The van der Waals surface area contributed by atoms with Crippen LogP contribution in [0, 0.1) is 5.92 Å². The molecule has 0 aromatic rings. The molecule has 0 saturated carbocycles. The molecule has 28 heavy (non-hydrogen) atoms. The van der Waals surface area contributed by atoms with Crippen molar-refractivity contribution in [2.24, 2.45) is 11.7 Å². The Balaban J connectivity index is 5.17. The van der Waals surface area contributed by atoms with Gasteiger partial charge in [-0.25, -0.2) is 4.79 Å². The second kappa shape index (κ2) is 13.3. The summed E-state index contributed by atoms with van der Waals surface area (Å²) in [5.41, 5.74) is 5.43. The van der Waals surface area contributed by atoms with Crippen LogP contribution >= 0.6 is 11.8 Å². The predicted molar refractivity (Wildman–Crippen MR) is 107 cm³/mol. The lowest BCUT2D eigenvalue weighted by molar-refractivity contribution is -0.142. The molecule has 10 nitrogen and oxygen atoms in total. The molecule has 3 amide bonds. The van der Waals surface area contributed by atoms with E-state index in [0.717, 1.165) is 0 Å². The molecule has 0 spiro atoms. The number of rotatable bonds is 13. The number of aliphatic hydroxyl groups excluding tert-OH is 1. The lowest BCUT2D eigenvalue weighted by Crippen LogP contribution is -2.58. The minimum absolute atomic E-state index is 0.0248. The van der Waals surface area contributed by atoms with Crippen molar-refractivity contribution in [2.45, 2.75) is 57.8 Å². The topological polar surface area (TPSA) is 171 Å². The van der Waals surface area contributed by atoms with Gasteiger partial charge in [0.1, 0.15) is 18.1 Å². The maximum absolute atomic E-state index is 12.6. The number of nitrogens with one attached hydrogen (secondary N) is 3. The van der Waals surface area contributed by atoms with E-state index < -0.39 is 54.5 Å². The van der Waals surface area contributed by atoms with Crippen LogP contribution in [0.3, 0.4) is 0 Å². The van der Waals surface area contributed by atoms with Crippen LogP contribution in [0.4, 0.5) is 0 Å². The average molecular weight is 421 g/mol. The Kier molecular flexibility index (Phi) is 12.5. The van der Waals surface area contributed by atoms with Gasteiger partial charge in [-0.3, -0.25) is 14.4 Å². The summed E-state index contributed by atoms with van der Waals surface area (Å²) >= 11 is 1.46. The quantitative estimate of drug-likeness (QED) is 0.213. The van der Waals surface area contributed by atoms with Crippen molar-refractivity contribution in [1.82, 2.24) is 16.0 Å². The fourth-order valence-electron chi connectivity index (χ4n) is 2.24. The Labute approximate surface area is 169 Å². The molecule has 0 rings (SSSR count). The van der Waals surface area contributed by atoms with Crippen LogP contribution in [-0.4, -0.2) is 76.7 Å². The van der Waals surface area contributed by atoms with Crippen molar-refractivity contribution in [3.05, 3.63) is 0 Å². The number of carboxylic acid groups (broad SMARTS) is 1. The highest BCUT2D eigenvalue weighted by molar-refractivity contribution is 7.98. The van der Waals surface area contributed by atoms with Gasteiger partial charge in [-0.1, -0.05) is 13.8 Å². The molecule has 0 heterocycles. The van der Waals surface area contributed by atoms with Crippen LogP contribution in [0.1, 0.15) is 33.6 Å². The highest BCUT2D eigenvalue weighted by Gasteiger charge is 2.30. The van der Waals surface area contributed by atoms with E-state index in [1.807, 2.05) is 20.1 Å². The molecule has 0 radical (unpaired) electrons. The van der Waals surface area contributed by atoms with Crippen LogP contribution in [-0.2, 0) is 19.2 Å². The molecular formula is C17H32N4O6S. The minimum Gasteiger partial charge on any atom is -0.480 e. The van der Waals surface area contributed by atoms with Crippen molar-refractivity contribution in [3.63, 3.8) is 0 Å². The number of hydrogen-bond acceptors (Lipinski definition) is 7. The highest BCUT2D eigenvalue weighted by Crippen LogP contribution is 2.08. The zero-order valence-electron chi connectivity index (χ0n) is 16.7. The Morgan fingerprint density at radius 3 is 1.86 bits per heavy atom. The van der Waals surface area contributed by atoms with E-state index in [2.05, 4.69) is 16.0 Å². The second-order valence-corrected chi connectivity index (χ2v) is 7.89. The smallest absolute Gasteiger partial charge is 0.326 e. The van der Waals surface area contributed by atoms with Gasteiger partial charge in [0.25, 0.3) is 0 Å². The van der Waals surface area contributed by atoms with Crippen molar-refractivity contribution >= 4 is 35.5 Å². The standard InChI is InChI=1S/C17H32N4O6S/c1-9(2)7-12(15(24)19-11(17(26)27)5-6-28-4)20-16(25)13(8-22)21-14(23)10(3)18/h9-13,22H,5-8,18H2,1-4H3,(H,19,24)(H,20,25)(H,21,23)(H,26,27). The molecule has 0 aromatic heterocycles. The minimum atomic E-state index is -1.27. The number of amides is 3. The van der Waals surface area contributed by atoms with Gasteiger partial charge >= 0.3 is 5.97 Å². The molecule has 0 aliphatic heterocycles. The summed E-state index contributed by atoms with van der Waals surface area (Å²) in [7, 11) is 0. The molecule has 0 bridgehead atoms. The van der Waals surface area contributed by atoms with Crippen LogP contribution in [0.15, 0.2) is 0 Å².